The highest BCUT2D eigenvalue weighted by molar-refractivity contribution is 7.43. The van der Waals surface area contributed by atoms with Gasteiger partial charge in [-0.25, -0.2) is 0 Å². The second kappa shape index (κ2) is 15.6. The predicted octanol–water partition coefficient (Wildman–Crippen LogP) is 11.1. The van der Waals surface area contributed by atoms with Gasteiger partial charge in [0.25, 0.3) is 0 Å². The first-order valence-corrected chi connectivity index (χ1v) is 25.0. The third-order valence-electron chi connectivity index (χ3n) is 13.0. The van der Waals surface area contributed by atoms with Gasteiger partial charge in [0.1, 0.15) is 80.4 Å². The summed E-state index contributed by atoms with van der Waals surface area (Å²) in [5, 5.41) is 0. The Morgan fingerprint density at radius 1 is 0.316 bits per heavy atom. The molecule has 6 fully saturated rings. The Hall–Kier alpha value is 1.51. The molecule has 0 amide bonds. The van der Waals surface area contributed by atoms with E-state index in [1.807, 2.05) is 138 Å². The van der Waals surface area contributed by atoms with Crippen LogP contribution >= 0.6 is 43.0 Å². The summed E-state index contributed by atoms with van der Waals surface area (Å²) in [4.78, 5) is 0. The van der Waals surface area contributed by atoms with E-state index in [4.69, 9.17) is 72.6 Å². The van der Waals surface area contributed by atoms with Gasteiger partial charge in [-0.05, 0) is 138 Å². The Kier molecular flexibility index (Phi) is 13.1. The van der Waals surface area contributed by atoms with E-state index in [2.05, 4.69) is 0 Å². The molecule has 0 radical (unpaired) electrons. The van der Waals surface area contributed by atoms with Crippen molar-refractivity contribution in [3.63, 3.8) is 0 Å². The average Bonchev–Trinajstić information content (AvgIpc) is 3.59. The first-order valence-electron chi connectivity index (χ1n) is 19.5. The van der Waals surface area contributed by atoms with Crippen molar-refractivity contribution < 1.29 is 72.6 Å². The van der Waals surface area contributed by atoms with Gasteiger partial charge in [-0.2, -0.15) is 0 Å². The highest BCUT2D eigenvalue weighted by Gasteiger charge is 2.62. The number of hydrogen-bond acceptors (Lipinski definition) is 16. The smallest absolute Gasteiger partial charge is 0.336 e. The lowest BCUT2D eigenvalue weighted by Crippen LogP contribution is -2.60. The van der Waals surface area contributed by atoms with Crippen molar-refractivity contribution in [1.29, 1.82) is 0 Å². The maximum atomic E-state index is 6.94. The molecule has 6 aliphatic rings. The SMILES string of the molecule is CC1(C)OP(OC[C@H]2O[C@@H](OP3OC(C)(C)C(C)(C)O3)[C@H](OP3OC(C)(C)C(C)(C)O3)[C@@H](OP3OC(C)(C)C(C)(C)O3)[C@@H]2OP2OC(C)(C)C(C)(C)O2)OC1(C)C. The molecule has 6 heterocycles. The number of ether oxygens (including phenoxy) is 1. The van der Waals surface area contributed by atoms with Crippen LogP contribution in [0.2, 0.25) is 0 Å². The second-order valence-corrected chi connectivity index (χ2v) is 25.5. The van der Waals surface area contributed by atoms with Gasteiger partial charge >= 0.3 is 43.0 Å². The van der Waals surface area contributed by atoms with Crippen LogP contribution in [0.3, 0.4) is 0 Å². The molecule has 5 atom stereocenters. The molecule has 0 N–H and O–H groups in total. The summed E-state index contributed by atoms with van der Waals surface area (Å²) < 4.78 is 105. The molecule has 6 rings (SSSR count). The number of hydrogen-bond donors (Lipinski definition) is 0. The van der Waals surface area contributed by atoms with E-state index in [0.29, 0.717) is 0 Å². The quantitative estimate of drug-likeness (QED) is 0.181. The van der Waals surface area contributed by atoms with Crippen molar-refractivity contribution >= 4 is 43.0 Å². The summed E-state index contributed by atoms with van der Waals surface area (Å²) >= 11 is 0. The largest absolute Gasteiger partial charge is 0.341 e. The fourth-order valence-corrected chi connectivity index (χ4v) is 13.7. The van der Waals surface area contributed by atoms with Crippen LogP contribution in [0, 0.1) is 0 Å². The minimum Gasteiger partial charge on any atom is -0.341 e. The molecule has 0 aromatic rings. The van der Waals surface area contributed by atoms with E-state index < -0.39 is 130 Å². The molecule has 21 heteroatoms. The molecule has 0 aromatic carbocycles. The van der Waals surface area contributed by atoms with Crippen LogP contribution < -0.4 is 0 Å². The van der Waals surface area contributed by atoms with Crippen LogP contribution in [0.4, 0.5) is 0 Å². The highest BCUT2D eigenvalue weighted by atomic mass is 31.2. The molecule has 6 aliphatic heterocycles. The minimum absolute atomic E-state index is 0.0694. The molecule has 332 valence electrons. The molecule has 57 heavy (non-hydrogen) atoms. The summed E-state index contributed by atoms with van der Waals surface area (Å²) in [5.74, 6) is 0. The lowest BCUT2D eigenvalue weighted by Gasteiger charge is -2.46. The number of rotatable bonds is 11. The lowest BCUT2D eigenvalue weighted by atomic mass is 9.90. The maximum absolute atomic E-state index is 6.94. The predicted molar refractivity (Wildman–Crippen MR) is 217 cm³/mol. The molecular weight excluding hydrogens is 843 g/mol. The zero-order valence-electron chi connectivity index (χ0n) is 37.4. The van der Waals surface area contributed by atoms with E-state index in [1.54, 1.807) is 0 Å². The summed E-state index contributed by atoms with van der Waals surface area (Å²) in [6.07, 6.45) is -5.23. The Labute approximate surface area is 346 Å². The van der Waals surface area contributed by atoms with Crippen LogP contribution in [0.1, 0.15) is 138 Å². The van der Waals surface area contributed by atoms with E-state index in [9.17, 15) is 0 Å². The van der Waals surface area contributed by atoms with E-state index >= 15 is 0 Å². The van der Waals surface area contributed by atoms with Crippen LogP contribution in [-0.4, -0.2) is 93.3 Å². The Morgan fingerprint density at radius 2 is 0.561 bits per heavy atom. The molecule has 16 nitrogen and oxygen atoms in total. The molecular formula is C36H67O16P5. The molecule has 6 saturated heterocycles. The van der Waals surface area contributed by atoms with Gasteiger partial charge in [0.15, 0.2) is 6.29 Å². The van der Waals surface area contributed by atoms with E-state index in [1.165, 1.54) is 0 Å². The maximum Gasteiger partial charge on any atom is 0.336 e. The van der Waals surface area contributed by atoms with Gasteiger partial charge in [-0.3, -0.25) is 4.52 Å². The average molecular weight is 911 g/mol. The molecule has 0 spiro atoms. The van der Waals surface area contributed by atoms with Crippen molar-refractivity contribution in [2.45, 2.75) is 225 Å². The fourth-order valence-electron chi connectivity index (χ4n) is 5.25. The van der Waals surface area contributed by atoms with E-state index in [-0.39, 0.29) is 6.61 Å². The first kappa shape index (κ1) is 48.0. The standard InChI is InChI=1S/C36H67O16P5/c1-27(2)28(3,4)44-53(43-27)37-21-22-23(39-54-45-29(5,6)30(7,8)46-54)24(40-55-47-31(9,10)32(11,12)48-55)25(41-56-49-33(13,14)34(15,16)50-56)26(38-22)42-57-51-35(17,18)36(19,20)52-57/h22-26H,21H2,1-20H3/t22-,23-,24+,25-,26+/m1/s1. The lowest BCUT2D eigenvalue weighted by molar-refractivity contribution is -0.265. The summed E-state index contributed by atoms with van der Waals surface area (Å²) in [6, 6.07) is 0. The van der Waals surface area contributed by atoms with Crippen molar-refractivity contribution in [2.75, 3.05) is 6.61 Å². The molecule has 0 unspecified atom stereocenters. The highest BCUT2D eigenvalue weighted by Crippen LogP contribution is 2.67. The van der Waals surface area contributed by atoms with Gasteiger partial charge in [-0.15, -0.1) is 0 Å². The molecule has 0 saturated carbocycles. The van der Waals surface area contributed by atoms with Gasteiger partial charge in [0.05, 0.1) is 6.61 Å². The monoisotopic (exact) mass is 910 g/mol. The summed E-state index contributed by atoms with van der Waals surface area (Å²) in [6.45, 7) is 39.1. The zero-order chi connectivity index (χ0) is 42.8. The van der Waals surface area contributed by atoms with Crippen LogP contribution in [0.5, 0.6) is 0 Å². The topological polar surface area (TPSA) is 148 Å². The normalized spacial score (nSPS) is 38.0. The van der Waals surface area contributed by atoms with Gasteiger partial charge in [0.2, 0.25) is 0 Å². The minimum atomic E-state index is -2.00. The Morgan fingerprint density at radius 3 is 0.877 bits per heavy atom. The molecule has 0 aliphatic carbocycles. The molecule has 0 bridgehead atoms. The zero-order valence-corrected chi connectivity index (χ0v) is 41.8. The van der Waals surface area contributed by atoms with Gasteiger partial charge in [-0.1, -0.05) is 0 Å². The summed E-state index contributed by atoms with van der Waals surface area (Å²) in [5.41, 5.74) is -6.79. The Balaban J connectivity index is 1.40. The van der Waals surface area contributed by atoms with Crippen molar-refractivity contribution in [3.8, 4) is 0 Å². The van der Waals surface area contributed by atoms with Crippen molar-refractivity contribution in [1.82, 2.24) is 0 Å². The fraction of sp³-hybridized carbons (Fsp3) is 1.00. The summed E-state index contributed by atoms with van der Waals surface area (Å²) in [7, 11) is -9.73. The second-order valence-electron chi connectivity index (χ2n) is 20.3. The Bertz CT molecular complexity index is 1390. The van der Waals surface area contributed by atoms with Crippen LogP contribution in [0.15, 0.2) is 0 Å². The van der Waals surface area contributed by atoms with Crippen molar-refractivity contribution in [2.24, 2.45) is 0 Å². The van der Waals surface area contributed by atoms with Gasteiger partial charge < -0.3 is 68.1 Å². The first-order chi connectivity index (χ1) is 25.6. The van der Waals surface area contributed by atoms with E-state index in [0.717, 1.165) is 0 Å². The van der Waals surface area contributed by atoms with Crippen molar-refractivity contribution in [3.05, 3.63) is 0 Å². The van der Waals surface area contributed by atoms with Crippen LogP contribution in [0.25, 0.3) is 0 Å². The molecule has 0 aromatic heterocycles. The van der Waals surface area contributed by atoms with Gasteiger partial charge in [0, 0.05) is 0 Å². The van der Waals surface area contributed by atoms with Crippen LogP contribution in [-0.2, 0) is 72.6 Å². The third-order valence-corrected chi connectivity index (χ3v) is 21.1. The third kappa shape index (κ3) is 9.37.